The van der Waals surface area contributed by atoms with Crippen LogP contribution in [0, 0.1) is 0 Å². The monoisotopic (exact) mass is 229 g/mol. The SMILES string of the molecule is O=C/C=C/c1ccccc1N1CCC(=O)C1=O. The van der Waals surface area contributed by atoms with Crippen molar-refractivity contribution in [3.63, 3.8) is 0 Å². The van der Waals surface area contributed by atoms with Gasteiger partial charge in [-0.05, 0) is 23.8 Å². The van der Waals surface area contributed by atoms with Gasteiger partial charge in [0.2, 0.25) is 5.78 Å². The van der Waals surface area contributed by atoms with Crippen LogP contribution in [0.3, 0.4) is 0 Å². The van der Waals surface area contributed by atoms with Gasteiger partial charge in [0.15, 0.2) is 0 Å². The van der Waals surface area contributed by atoms with Crippen molar-refractivity contribution >= 4 is 29.7 Å². The highest BCUT2D eigenvalue weighted by Crippen LogP contribution is 2.25. The van der Waals surface area contributed by atoms with Crippen LogP contribution in [0.4, 0.5) is 5.69 Å². The number of carbonyl (C=O) groups is 3. The van der Waals surface area contributed by atoms with Gasteiger partial charge in [-0.1, -0.05) is 18.2 Å². The number of aldehydes is 1. The minimum atomic E-state index is -0.475. The first-order chi connectivity index (χ1) is 8.24. The van der Waals surface area contributed by atoms with E-state index in [0.717, 1.165) is 5.56 Å². The molecule has 4 nitrogen and oxygen atoms in total. The lowest BCUT2D eigenvalue weighted by Crippen LogP contribution is -2.27. The minimum Gasteiger partial charge on any atom is -0.305 e. The Balaban J connectivity index is 2.38. The number of Topliss-reactive ketones (excluding diaryl/α,β-unsaturated/α-hetero) is 1. The molecule has 1 aromatic carbocycles. The molecule has 2 rings (SSSR count). The molecule has 1 aliphatic heterocycles. The van der Waals surface area contributed by atoms with Gasteiger partial charge < -0.3 is 4.90 Å². The molecule has 1 amide bonds. The summed E-state index contributed by atoms with van der Waals surface area (Å²) in [5.74, 6) is -0.837. The van der Waals surface area contributed by atoms with E-state index < -0.39 is 5.91 Å². The van der Waals surface area contributed by atoms with Crippen LogP contribution < -0.4 is 4.90 Å². The largest absolute Gasteiger partial charge is 0.305 e. The van der Waals surface area contributed by atoms with Gasteiger partial charge >= 0.3 is 0 Å². The van der Waals surface area contributed by atoms with Crippen LogP contribution in [0.2, 0.25) is 0 Å². The number of allylic oxidation sites excluding steroid dienone is 1. The Morgan fingerprint density at radius 3 is 2.59 bits per heavy atom. The predicted molar refractivity (Wildman–Crippen MR) is 63.5 cm³/mol. The number of hydrogen-bond donors (Lipinski definition) is 0. The fraction of sp³-hybridized carbons (Fsp3) is 0.154. The molecule has 17 heavy (non-hydrogen) atoms. The van der Waals surface area contributed by atoms with Crippen molar-refractivity contribution in [1.82, 2.24) is 0 Å². The van der Waals surface area contributed by atoms with Gasteiger partial charge in [0.05, 0.1) is 5.69 Å². The zero-order valence-corrected chi connectivity index (χ0v) is 9.13. The summed E-state index contributed by atoms with van der Waals surface area (Å²) in [5, 5.41) is 0. The molecule has 0 radical (unpaired) electrons. The average molecular weight is 229 g/mol. The maximum Gasteiger partial charge on any atom is 0.294 e. The van der Waals surface area contributed by atoms with Crippen molar-refractivity contribution in [2.75, 3.05) is 11.4 Å². The molecule has 0 atom stereocenters. The Morgan fingerprint density at radius 2 is 1.94 bits per heavy atom. The molecule has 1 aliphatic rings. The van der Waals surface area contributed by atoms with E-state index in [1.54, 1.807) is 24.3 Å². The number of hydrogen-bond acceptors (Lipinski definition) is 3. The van der Waals surface area contributed by atoms with Crippen molar-refractivity contribution in [2.45, 2.75) is 6.42 Å². The minimum absolute atomic E-state index is 0.255. The Labute approximate surface area is 98.5 Å². The smallest absolute Gasteiger partial charge is 0.294 e. The summed E-state index contributed by atoms with van der Waals surface area (Å²) in [5.41, 5.74) is 1.42. The quantitative estimate of drug-likeness (QED) is 0.444. The Hall–Kier alpha value is -2.23. The van der Waals surface area contributed by atoms with Crippen molar-refractivity contribution < 1.29 is 14.4 Å². The highest BCUT2D eigenvalue weighted by Gasteiger charge is 2.30. The summed E-state index contributed by atoms with van der Waals surface area (Å²) in [6, 6.07) is 7.17. The van der Waals surface area contributed by atoms with E-state index >= 15 is 0 Å². The molecule has 4 heteroatoms. The molecule has 1 fully saturated rings. The molecule has 0 aromatic heterocycles. The lowest BCUT2D eigenvalue weighted by atomic mass is 10.1. The molecule has 86 valence electrons. The third-order valence-electron chi connectivity index (χ3n) is 2.63. The van der Waals surface area contributed by atoms with Crippen LogP contribution in [-0.4, -0.2) is 24.5 Å². The molecule has 0 unspecified atom stereocenters. The second-order valence-corrected chi connectivity index (χ2v) is 3.68. The van der Waals surface area contributed by atoms with E-state index in [2.05, 4.69) is 0 Å². The summed E-state index contributed by atoms with van der Waals surface area (Å²) in [6.07, 6.45) is 3.91. The summed E-state index contributed by atoms with van der Waals surface area (Å²) in [4.78, 5) is 34.6. The third-order valence-corrected chi connectivity index (χ3v) is 2.63. The Morgan fingerprint density at radius 1 is 1.18 bits per heavy atom. The Bertz CT molecular complexity index is 505. The van der Waals surface area contributed by atoms with Crippen molar-refractivity contribution in [3.05, 3.63) is 35.9 Å². The van der Waals surface area contributed by atoms with Gasteiger partial charge in [0, 0.05) is 13.0 Å². The number of carbonyl (C=O) groups excluding carboxylic acids is 3. The molecule has 0 aliphatic carbocycles. The normalized spacial score (nSPS) is 15.9. The average Bonchev–Trinajstić information content (AvgIpc) is 2.68. The first-order valence-electron chi connectivity index (χ1n) is 5.29. The number of ketones is 1. The molecule has 1 saturated heterocycles. The second-order valence-electron chi connectivity index (χ2n) is 3.68. The third kappa shape index (κ3) is 2.15. The van der Waals surface area contributed by atoms with Crippen LogP contribution in [0.5, 0.6) is 0 Å². The van der Waals surface area contributed by atoms with Crippen LogP contribution in [0.25, 0.3) is 6.08 Å². The number of benzene rings is 1. The lowest BCUT2D eigenvalue weighted by Gasteiger charge is -2.17. The van der Waals surface area contributed by atoms with Gasteiger partial charge in [-0.15, -0.1) is 0 Å². The number of amides is 1. The lowest BCUT2D eigenvalue weighted by molar-refractivity contribution is -0.133. The molecule has 1 aromatic rings. The van der Waals surface area contributed by atoms with Crippen LogP contribution in [0.1, 0.15) is 12.0 Å². The standard InChI is InChI=1S/C13H11NO3/c15-9-3-5-10-4-1-2-6-11(10)14-8-7-12(16)13(14)17/h1-6,9H,7-8H2/b5-3+. The topological polar surface area (TPSA) is 54.5 Å². The van der Waals surface area contributed by atoms with E-state index in [1.165, 1.54) is 11.0 Å². The molecule has 0 N–H and O–H groups in total. The highest BCUT2D eigenvalue weighted by atomic mass is 16.2. The number of para-hydroxylation sites is 1. The zero-order valence-electron chi connectivity index (χ0n) is 9.13. The zero-order chi connectivity index (χ0) is 12.3. The number of rotatable bonds is 3. The fourth-order valence-electron chi connectivity index (χ4n) is 1.82. The summed E-state index contributed by atoms with van der Waals surface area (Å²) in [7, 11) is 0. The van der Waals surface area contributed by atoms with E-state index in [9.17, 15) is 14.4 Å². The molecule has 0 saturated carbocycles. The summed E-state index contributed by atoms with van der Waals surface area (Å²) in [6.45, 7) is 0.406. The van der Waals surface area contributed by atoms with Crippen molar-refractivity contribution in [3.8, 4) is 0 Å². The van der Waals surface area contributed by atoms with Gasteiger partial charge in [0.1, 0.15) is 6.29 Å². The highest BCUT2D eigenvalue weighted by molar-refractivity contribution is 6.43. The number of nitrogens with zero attached hydrogens (tertiary/aromatic N) is 1. The first kappa shape index (κ1) is 11.3. The summed E-state index contributed by atoms with van der Waals surface area (Å²) >= 11 is 0. The van der Waals surface area contributed by atoms with Crippen LogP contribution in [0.15, 0.2) is 30.3 Å². The van der Waals surface area contributed by atoms with E-state index in [4.69, 9.17) is 0 Å². The Kier molecular flexibility index (Phi) is 3.14. The molecule has 1 heterocycles. The fourth-order valence-corrected chi connectivity index (χ4v) is 1.82. The van der Waals surface area contributed by atoms with Crippen LogP contribution >= 0.6 is 0 Å². The van der Waals surface area contributed by atoms with E-state index in [0.29, 0.717) is 18.5 Å². The van der Waals surface area contributed by atoms with Crippen LogP contribution in [-0.2, 0) is 14.4 Å². The van der Waals surface area contributed by atoms with Gasteiger partial charge in [-0.3, -0.25) is 14.4 Å². The van der Waals surface area contributed by atoms with Crippen molar-refractivity contribution in [1.29, 1.82) is 0 Å². The van der Waals surface area contributed by atoms with Gasteiger partial charge in [-0.25, -0.2) is 0 Å². The first-order valence-corrected chi connectivity index (χ1v) is 5.29. The molecular formula is C13H11NO3. The van der Waals surface area contributed by atoms with E-state index in [1.807, 2.05) is 6.07 Å². The van der Waals surface area contributed by atoms with Crippen molar-refractivity contribution in [2.24, 2.45) is 0 Å². The van der Waals surface area contributed by atoms with Gasteiger partial charge in [-0.2, -0.15) is 0 Å². The summed E-state index contributed by atoms with van der Waals surface area (Å²) < 4.78 is 0. The predicted octanol–water partition coefficient (Wildman–Crippen LogP) is 1.20. The second kappa shape index (κ2) is 4.74. The number of anilines is 1. The van der Waals surface area contributed by atoms with Gasteiger partial charge in [0.25, 0.3) is 5.91 Å². The van der Waals surface area contributed by atoms with E-state index in [-0.39, 0.29) is 12.2 Å². The maximum atomic E-state index is 11.6. The molecule has 0 spiro atoms. The maximum absolute atomic E-state index is 11.6. The molecule has 0 bridgehead atoms. The molecular weight excluding hydrogens is 218 g/mol.